The lowest BCUT2D eigenvalue weighted by molar-refractivity contribution is 0.168. The number of benzene rings is 2. The highest BCUT2D eigenvalue weighted by atomic mass is 19.1. The molecule has 0 bridgehead atoms. The maximum atomic E-state index is 16.1. The molecule has 2 N–H and O–H groups in total. The number of aryl methyl sites for hydroxylation is 1. The summed E-state index contributed by atoms with van der Waals surface area (Å²) in [5, 5.41) is 13.2. The number of amides is 1. The van der Waals surface area contributed by atoms with Crippen LogP contribution in [0.3, 0.4) is 0 Å². The minimum Gasteiger partial charge on any atom is -0.497 e. The molecule has 0 saturated carbocycles. The number of hydrogen-bond acceptors (Lipinski definition) is 5. The van der Waals surface area contributed by atoms with Crippen molar-refractivity contribution in [3.8, 4) is 11.5 Å². The fraction of sp³-hybridized carbons (Fsp3) is 0.345. The van der Waals surface area contributed by atoms with Crippen LogP contribution in [-0.2, 0) is 6.54 Å². The Labute approximate surface area is 220 Å². The van der Waals surface area contributed by atoms with Gasteiger partial charge >= 0.3 is 6.09 Å². The van der Waals surface area contributed by atoms with E-state index in [4.69, 9.17) is 14.6 Å². The highest BCUT2D eigenvalue weighted by Gasteiger charge is 2.24. The monoisotopic (exact) mass is 521 g/mol. The fourth-order valence-corrected chi connectivity index (χ4v) is 5.00. The van der Waals surface area contributed by atoms with Crippen molar-refractivity contribution in [1.29, 1.82) is 0 Å². The van der Waals surface area contributed by atoms with Gasteiger partial charge in [-0.2, -0.15) is 0 Å². The van der Waals surface area contributed by atoms with Gasteiger partial charge in [0.15, 0.2) is 11.6 Å². The zero-order valence-electron chi connectivity index (χ0n) is 22.2. The van der Waals surface area contributed by atoms with Crippen molar-refractivity contribution in [2.24, 2.45) is 5.92 Å². The number of methoxy groups -OCH3 is 1. The number of fused-ring (bicyclic) bond motifs is 3. The van der Waals surface area contributed by atoms with Crippen molar-refractivity contribution in [3.63, 3.8) is 0 Å². The molecule has 0 aliphatic heterocycles. The number of ether oxygens (including phenoxy) is 2. The maximum absolute atomic E-state index is 16.1. The molecule has 200 valence electrons. The Balaban J connectivity index is 1.76. The quantitative estimate of drug-likeness (QED) is 0.282. The number of nitrogens with zero attached hydrogens (tertiary/aromatic N) is 2. The van der Waals surface area contributed by atoms with Crippen molar-refractivity contribution >= 4 is 27.8 Å². The van der Waals surface area contributed by atoms with Crippen molar-refractivity contribution in [2.75, 3.05) is 13.7 Å². The van der Waals surface area contributed by atoms with Gasteiger partial charge in [-0.3, -0.25) is 9.78 Å². The van der Waals surface area contributed by atoms with E-state index in [0.29, 0.717) is 34.0 Å². The lowest BCUT2D eigenvalue weighted by atomic mass is 9.92. The molecule has 2 aromatic heterocycles. The van der Waals surface area contributed by atoms with Crippen LogP contribution in [0.4, 0.5) is 9.18 Å². The molecular formula is C29H32FN3O5. The summed E-state index contributed by atoms with van der Waals surface area (Å²) in [6.45, 7) is 7.57. The number of carbonyl (C=O) groups is 1. The van der Waals surface area contributed by atoms with Crippen molar-refractivity contribution < 1.29 is 23.8 Å². The molecule has 0 fully saturated rings. The highest BCUT2D eigenvalue weighted by Crippen LogP contribution is 2.32. The third-order valence-electron chi connectivity index (χ3n) is 6.57. The van der Waals surface area contributed by atoms with Crippen LogP contribution in [0, 0.1) is 18.7 Å². The first-order valence-electron chi connectivity index (χ1n) is 12.4. The van der Waals surface area contributed by atoms with Crippen molar-refractivity contribution in [2.45, 2.75) is 46.2 Å². The molecule has 0 aliphatic carbocycles. The van der Waals surface area contributed by atoms with Crippen LogP contribution >= 0.6 is 0 Å². The molecule has 0 spiro atoms. The Morgan fingerprint density at radius 2 is 1.87 bits per heavy atom. The third-order valence-corrected chi connectivity index (χ3v) is 6.57. The molecule has 2 aromatic carbocycles. The number of aromatic nitrogens is 2. The van der Waals surface area contributed by atoms with Gasteiger partial charge in [0.1, 0.15) is 5.75 Å². The normalized spacial score (nSPS) is 12.5. The average Bonchev–Trinajstić information content (AvgIpc) is 2.85. The number of carboxylic acid groups (broad SMARTS) is 1. The second-order valence-corrected chi connectivity index (χ2v) is 10.3. The van der Waals surface area contributed by atoms with E-state index in [2.05, 4.69) is 10.3 Å². The van der Waals surface area contributed by atoms with Crippen LogP contribution in [0.2, 0.25) is 0 Å². The summed E-state index contributed by atoms with van der Waals surface area (Å²) in [4.78, 5) is 29.0. The molecule has 4 rings (SSSR count). The molecule has 0 radical (unpaired) electrons. The number of pyridine rings is 2. The van der Waals surface area contributed by atoms with Crippen LogP contribution in [0.1, 0.15) is 38.4 Å². The Morgan fingerprint density at radius 3 is 2.53 bits per heavy atom. The number of rotatable bonds is 9. The van der Waals surface area contributed by atoms with E-state index in [1.165, 1.54) is 4.57 Å². The Morgan fingerprint density at radius 1 is 1.16 bits per heavy atom. The first-order valence-corrected chi connectivity index (χ1v) is 12.4. The molecule has 1 atom stereocenters. The summed E-state index contributed by atoms with van der Waals surface area (Å²) in [6.07, 6.45) is 1.01. The molecule has 4 aromatic rings. The van der Waals surface area contributed by atoms with E-state index in [-0.39, 0.29) is 35.9 Å². The van der Waals surface area contributed by atoms with E-state index < -0.39 is 17.4 Å². The van der Waals surface area contributed by atoms with E-state index in [1.807, 2.05) is 19.1 Å². The maximum Gasteiger partial charge on any atom is 0.405 e. The van der Waals surface area contributed by atoms with E-state index >= 15 is 4.39 Å². The first kappa shape index (κ1) is 26.9. The summed E-state index contributed by atoms with van der Waals surface area (Å²) < 4.78 is 28.6. The molecule has 0 aliphatic rings. The van der Waals surface area contributed by atoms with Gasteiger partial charge in [-0.05, 0) is 74.4 Å². The number of hydrogen-bond donors (Lipinski definition) is 2. The van der Waals surface area contributed by atoms with Gasteiger partial charge < -0.3 is 24.5 Å². The molecule has 8 nitrogen and oxygen atoms in total. The van der Waals surface area contributed by atoms with Gasteiger partial charge in [0.25, 0.3) is 5.56 Å². The minimum atomic E-state index is -1.10. The molecule has 9 heteroatoms. The molecule has 1 amide bonds. The molecular weight excluding hydrogens is 489 g/mol. The van der Waals surface area contributed by atoms with Crippen molar-refractivity contribution in [1.82, 2.24) is 14.9 Å². The Hall–Kier alpha value is -4.14. The second-order valence-electron chi connectivity index (χ2n) is 10.3. The Bertz CT molecular complexity index is 1550. The lowest BCUT2D eigenvalue weighted by Crippen LogP contribution is -2.44. The van der Waals surface area contributed by atoms with E-state index in [9.17, 15) is 9.59 Å². The predicted octanol–water partition coefficient (Wildman–Crippen LogP) is 5.51. The Kier molecular flexibility index (Phi) is 7.57. The van der Waals surface area contributed by atoms with Gasteiger partial charge in [-0.1, -0.05) is 19.1 Å². The van der Waals surface area contributed by atoms with Gasteiger partial charge in [-0.25, -0.2) is 9.18 Å². The van der Waals surface area contributed by atoms with Crippen LogP contribution in [0.5, 0.6) is 11.5 Å². The predicted molar refractivity (Wildman–Crippen MR) is 145 cm³/mol. The second kappa shape index (κ2) is 10.7. The summed E-state index contributed by atoms with van der Waals surface area (Å²) >= 11 is 0. The fourth-order valence-electron chi connectivity index (χ4n) is 5.00. The van der Waals surface area contributed by atoms with E-state index in [1.54, 1.807) is 64.4 Å². The summed E-state index contributed by atoms with van der Waals surface area (Å²) in [5.74, 6) is 0.0157. The molecule has 0 saturated heterocycles. The molecule has 38 heavy (non-hydrogen) atoms. The number of halogens is 1. The molecule has 2 heterocycles. The highest BCUT2D eigenvalue weighted by molar-refractivity contribution is 6.06. The first-order chi connectivity index (χ1) is 18.0. The lowest BCUT2D eigenvalue weighted by Gasteiger charge is -2.28. The average molecular weight is 522 g/mol. The van der Waals surface area contributed by atoms with Crippen molar-refractivity contribution in [3.05, 3.63) is 76.1 Å². The van der Waals surface area contributed by atoms with Gasteiger partial charge in [0.2, 0.25) is 0 Å². The van der Waals surface area contributed by atoms with Crippen LogP contribution in [0.25, 0.3) is 21.7 Å². The zero-order chi connectivity index (χ0) is 27.6. The van der Waals surface area contributed by atoms with Gasteiger partial charge in [0.05, 0.1) is 36.9 Å². The third kappa shape index (κ3) is 5.56. The summed E-state index contributed by atoms with van der Waals surface area (Å²) in [6, 6.07) is 12.3. The standard InChI is InChI=1S/C29H32FN3O5/c1-17(14-29(3,4)32-28(35)36)16-38-23-11-10-22-21-12-13-31-18(2)24(21)27(34)33(26(22)25(23)30)15-19-6-8-20(37-5)9-7-19/h6-13,17,32H,14-16H2,1-5H3,(H,35,36). The van der Waals surface area contributed by atoms with Gasteiger partial charge in [0, 0.05) is 17.1 Å². The summed E-state index contributed by atoms with van der Waals surface area (Å²) in [5.41, 5.74) is 0.537. The smallest absolute Gasteiger partial charge is 0.405 e. The van der Waals surface area contributed by atoms with Crippen LogP contribution in [0.15, 0.2) is 53.5 Å². The largest absolute Gasteiger partial charge is 0.497 e. The van der Waals surface area contributed by atoms with Crippen LogP contribution in [-0.4, -0.2) is 40.0 Å². The number of nitrogens with one attached hydrogen (secondary N) is 1. The zero-order valence-corrected chi connectivity index (χ0v) is 22.2. The summed E-state index contributed by atoms with van der Waals surface area (Å²) in [7, 11) is 1.58. The van der Waals surface area contributed by atoms with Crippen LogP contribution < -0.4 is 20.3 Å². The minimum absolute atomic E-state index is 0.0290. The topological polar surface area (TPSA) is 103 Å². The SMILES string of the molecule is COc1ccc(Cn2c(=O)c3c(C)nccc3c3ccc(OCC(C)CC(C)(C)NC(=O)O)c(F)c32)cc1. The molecule has 1 unspecified atom stereocenters. The van der Waals surface area contributed by atoms with E-state index in [0.717, 1.165) is 5.56 Å². The van der Waals surface area contributed by atoms with Gasteiger partial charge in [-0.15, -0.1) is 0 Å².